The fourth-order valence-corrected chi connectivity index (χ4v) is 1.76. The summed E-state index contributed by atoms with van der Waals surface area (Å²) < 4.78 is 1.49. The van der Waals surface area contributed by atoms with Gasteiger partial charge in [0.2, 0.25) is 5.78 Å². The molecule has 0 amide bonds. The van der Waals surface area contributed by atoms with Crippen LogP contribution in [0, 0.1) is 0 Å². The molecule has 0 radical (unpaired) electrons. The van der Waals surface area contributed by atoms with Crippen molar-refractivity contribution in [2.75, 3.05) is 0 Å². The summed E-state index contributed by atoms with van der Waals surface area (Å²) in [5.74, 6) is -0.0528. The zero-order valence-electron chi connectivity index (χ0n) is 11.1. The molecule has 4 nitrogen and oxygen atoms in total. The molecule has 0 fully saturated rings. The minimum Gasteiger partial charge on any atom is -0.287 e. The normalized spacial score (nSPS) is 11.6. The van der Waals surface area contributed by atoms with Crippen molar-refractivity contribution in [3.05, 3.63) is 47.3 Å². The highest BCUT2D eigenvalue weighted by molar-refractivity contribution is 6.07. The van der Waals surface area contributed by atoms with Gasteiger partial charge < -0.3 is 0 Å². The number of ketones is 1. The molecule has 0 atom stereocenters. The maximum Gasteiger partial charge on any atom is 0.212 e. The SMILES string of the molecule is Cn1nncc1C(=O)c1ccc(C(C)(C)C)cc1. The maximum absolute atomic E-state index is 12.2. The lowest BCUT2D eigenvalue weighted by molar-refractivity contribution is 0.103. The molecule has 1 heterocycles. The van der Waals surface area contributed by atoms with E-state index < -0.39 is 0 Å². The van der Waals surface area contributed by atoms with Gasteiger partial charge in [0.15, 0.2) is 0 Å². The third-order valence-electron chi connectivity index (χ3n) is 2.96. The van der Waals surface area contributed by atoms with E-state index in [1.54, 1.807) is 7.05 Å². The number of carbonyl (C=O) groups excluding carboxylic acids is 1. The van der Waals surface area contributed by atoms with Crippen molar-refractivity contribution in [2.24, 2.45) is 7.05 Å². The van der Waals surface area contributed by atoms with Crippen molar-refractivity contribution in [3.63, 3.8) is 0 Å². The molecular formula is C14H17N3O. The topological polar surface area (TPSA) is 47.8 Å². The van der Waals surface area contributed by atoms with Crippen molar-refractivity contribution < 1.29 is 4.79 Å². The fraction of sp³-hybridized carbons (Fsp3) is 0.357. The lowest BCUT2D eigenvalue weighted by Crippen LogP contribution is -2.12. The highest BCUT2D eigenvalue weighted by Gasteiger charge is 2.16. The molecule has 0 saturated carbocycles. The highest BCUT2D eigenvalue weighted by atomic mass is 16.1. The summed E-state index contributed by atoms with van der Waals surface area (Å²) in [7, 11) is 1.71. The van der Waals surface area contributed by atoms with Gasteiger partial charge in [-0.2, -0.15) is 0 Å². The van der Waals surface area contributed by atoms with Crippen molar-refractivity contribution in [1.29, 1.82) is 0 Å². The predicted molar refractivity (Wildman–Crippen MR) is 69.6 cm³/mol. The standard InChI is InChI=1S/C14H17N3O/c1-14(2,3)11-7-5-10(6-8-11)13(18)12-9-15-16-17(12)4/h5-9H,1-4H3. The van der Waals surface area contributed by atoms with Gasteiger partial charge in [-0.05, 0) is 11.0 Å². The van der Waals surface area contributed by atoms with Gasteiger partial charge >= 0.3 is 0 Å². The first kappa shape index (κ1) is 12.5. The van der Waals surface area contributed by atoms with Crippen LogP contribution in [0.1, 0.15) is 42.4 Å². The number of aromatic nitrogens is 3. The third kappa shape index (κ3) is 2.32. The maximum atomic E-state index is 12.2. The van der Waals surface area contributed by atoms with E-state index in [0.717, 1.165) is 0 Å². The molecule has 0 aliphatic carbocycles. The predicted octanol–water partition coefficient (Wildman–Crippen LogP) is 2.34. The summed E-state index contributed by atoms with van der Waals surface area (Å²) in [5.41, 5.74) is 2.46. The Kier molecular flexibility index (Phi) is 3.03. The molecule has 2 aromatic rings. The van der Waals surface area contributed by atoms with E-state index in [4.69, 9.17) is 0 Å². The summed E-state index contributed by atoms with van der Waals surface area (Å²) in [5, 5.41) is 7.48. The minimum atomic E-state index is -0.0528. The monoisotopic (exact) mass is 243 g/mol. The van der Waals surface area contributed by atoms with Crippen molar-refractivity contribution in [1.82, 2.24) is 15.0 Å². The number of hydrogen-bond acceptors (Lipinski definition) is 3. The van der Waals surface area contributed by atoms with E-state index in [-0.39, 0.29) is 11.2 Å². The first-order valence-corrected chi connectivity index (χ1v) is 5.89. The van der Waals surface area contributed by atoms with E-state index in [9.17, 15) is 4.79 Å². The Morgan fingerprint density at radius 3 is 2.22 bits per heavy atom. The second-order valence-electron chi connectivity index (χ2n) is 5.40. The van der Waals surface area contributed by atoms with Gasteiger partial charge in [0, 0.05) is 12.6 Å². The molecule has 94 valence electrons. The van der Waals surface area contributed by atoms with E-state index in [2.05, 4.69) is 31.1 Å². The number of rotatable bonds is 2. The second-order valence-corrected chi connectivity index (χ2v) is 5.40. The number of nitrogens with zero attached hydrogens (tertiary/aromatic N) is 3. The molecule has 0 unspecified atom stereocenters. The molecule has 0 saturated heterocycles. The summed E-state index contributed by atoms with van der Waals surface area (Å²) in [6.07, 6.45) is 1.49. The molecule has 0 aliphatic heterocycles. The van der Waals surface area contributed by atoms with Gasteiger partial charge in [-0.3, -0.25) is 4.79 Å². The molecule has 0 aliphatic rings. The van der Waals surface area contributed by atoms with Crippen LogP contribution in [0.4, 0.5) is 0 Å². The highest BCUT2D eigenvalue weighted by Crippen LogP contribution is 2.22. The Morgan fingerprint density at radius 1 is 1.17 bits per heavy atom. The number of hydrogen-bond donors (Lipinski definition) is 0. The van der Waals surface area contributed by atoms with Gasteiger partial charge in [0.1, 0.15) is 5.69 Å². The van der Waals surface area contributed by atoms with Crippen molar-refractivity contribution in [2.45, 2.75) is 26.2 Å². The van der Waals surface area contributed by atoms with E-state index >= 15 is 0 Å². The third-order valence-corrected chi connectivity index (χ3v) is 2.96. The smallest absolute Gasteiger partial charge is 0.212 e. The first-order chi connectivity index (χ1) is 8.39. The lowest BCUT2D eigenvalue weighted by Gasteiger charge is -2.18. The lowest BCUT2D eigenvalue weighted by atomic mass is 9.86. The van der Waals surface area contributed by atoms with Crippen LogP contribution < -0.4 is 0 Å². The van der Waals surface area contributed by atoms with Gasteiger partial charge in [-0.1, -0.05) is 50.3 Å². The molecule has 0 spiro atoms. The molecule has 0 bridgehead atoms. The fourth-order valence-electron chi connectivity index (χ4n) is 1.76. The molecule has 1 aromatic carbocycles. The number of aryl methyl sites for hydroxylation is 1. The Hall–Kier alpha value is -1.97. The van der Waals surface area contributed by atoms with E-state index in [1.165, 1.54) is 16.4 Å². The summed E-state index contributed by atoms with van der Waals surface area (Å²) in [6, 6.07) is 7.71. The van der Waals surface area contributed by atoms with Crippen LogP contribution in [-0.4, -0.2) is 20.8 Å². The molecule has 0 N–H and O–H groups in total. The molecule has 4 heteroatoms. The Bertz CT molecular complexity index is 561. The average Bonchev–Trinajstić information content (AvgIpc) is 2.73. The van der Waals surface area contributed by atoms with Gasteiger partial charge in [-0.15, -0.1) is 5.10 Å². The zero-order valence-corrected chi connectivity index (χ0v) is 11.1. The number of carbonyl (C=O) groups is 1. The van der Waals surface area contributed by atoms with Crippen LogP contribution >= 0.6 is 0 Å². The number of benzene rings is 1. The van der Waals surface area contributed by atoms with E-state index in [0.29, 0.717) is 11.3 Å². The van der Waals surface area contributed by atoms with Crippen LogP contribution in [0.5, 0.6) is 0 Å². The van der Waals surface area contributed by atoms with Crippen molar-refractivity contribution >= 4 is 5.78 Å². The van der Waals surface area contributed by atoms with Crippen molar-refractivity contribution in [3.8, 4) is 0 Å². The summed E-state index contributed by atoms with van der Waals surface area (Å²) in [4.78, 5) is 12.2. The Morgan fingerprint density at radius 2 is 1.78 bits per heavy atom. The van der Waals surface area contributed by atoms with Gasteiger partial charge in [0.05, 0.1) is 6.20 Å². The largest absolute Gasteiger partial charge is 0.287 e. The molecule has 18 heavy (non-hydrogen) atoms. The molecule has 2 rings (SSSR count). The minimum absolute atomic E-state index is 0.0528. The van der Waals surface area contributed by atoms with Gasteiger partial charge in [0.25, 0.3) is 0 Å². The summed E-state index contributed by atoms with van der Waals surface area (Å²) in [6.45, 7) is 6.44. The Balaban J connectivity index is 2.31. The zero-order chi connectivity index (χ0) is 13.3. The molecular weight excluding hydrogens is 226 g/mol. The average molecular weight is 243 g/mol. The van der Waals surface area contributed by atoms with Crippen LogP contribution in [0.3, 0.4) is 0 Å². The van der Waals surface area contributed by atoms with Crippen LogP contribution in [0.25, 0.3) is 0 Å². The van der Waals surface area contributed by atoms with Crippen LogP contribution in [0.2, 0.25) is 0 Å². The van der Waals surface area contributed by atoms with Gasteiger partial charge in [-0.25, -0.2) is 4.68 Å². The van der Waals surface area contributed by atoms with Crippen LogP contribution in [0.15, 0.2) is 30.5 Å². The van der Waals surface area contributed by atoms with E-state index in [1.807, 2.05) is 24.3 Å². The summed E-state index contributed by atoms with van der Waals surface area (Å²) >= 11 is 0. The second kappa shape index (κ2) is 4.37. The molecule has 1 aromatic heterocycles. The first-order valence-electron chi connectivity index (χ1n) is 5.89. The quantitative estimate of drug-likeness (QED) is 0.761. The van der Waals surface area contributed by atoms with Crippen LogP contribution in [-0.2, 0) is 12.5 Å². The Labute approximate surface area is 107 Å².